The summed E-state index contributed by atoms with van der Waals surface area (Å²) in [6.45, 7) is 5.04. The minimum atomic E-state index is -4.67. The summed E-state index contributed by atoms with van der Waals surface area (Å²) in [4.78, 5) is 17.9. The fourth-order valence-corrected chi connectivity index (χ4v) is 7.14. The lowest BCUT2D eigenvalue weighted by Gasteiger charge is -2.26. The maximum Gasteiger partial charge on any atom is 0.417 e. The number of aliphatic imine (C=N–C) groups is 1. The van der Waals surface area contributed by atoms with Crippen LogP contribution in [0, 0.1) is 5.41 Å². The molecule has 0 aliphatic carbocycles. The van der Waals surface area contributed by atoms with Gasteiger partial charge >= 0.3 is 6.18 Å². The highest BCUT2D eigenvalue weighted by molar-refractivity contribution is 8.16. The van der Waals surface area contributed by atoms with Gasteiger partial charge in [0.15, 0.2) is 15.0 Å². The fourth-order valence-electron chi connectivity index (χ4n) is 3.00. The molecule has 0 spiro atoms. The second kappa shape index (κ2) is 6.91. The predicted octanol–water partition coefficient (Wildman–Crippen LogP) is 4.01. The van der Waals surface area contributed by atoms with E-state index in [9.17, 15) is 26.4 Å². The number of hydrogen-bond donors (Lipinski definition) is 0. The molecule has 154 valence electrons. The van der Waals surface area contributed by atoms with E-state index in [4.69, 9.17) is 11.6 Å². The molecule has 0 bridgehead atoms. The number of nitrogens with zero attached hydrogens (tertiary/aromatic N) is 2. The van der Waals surface area contributed by atoms with Crippen LogP contribution in [-0.4, -0.2) is 42.3 Å². The summed E-state index contributed by atoms with van der Waals surface area (Å²) in [5, 5.41) is -0.648. The number of hydrogen-bond acceptors (Lipinski definition) is 4. The van der Waals surface area contributed by atoms with E-state index in [1.54, 1.807) is 20.8 Å². The van der Waals surface area contributed by atoms with Crippen molar-refractivity contribution in [3.63, 3.8) is 0 Å². The molecule has 0 unspecified atom stereocenters. The van der Waals surface area contributed by atoms with Crippen molar-refractivity contribution in [2.75, 3.05) is 16.4 Å². The zero-order valence-electron chi connectivity index (χ0n) is 15.2. The average molecular weight is 455 g/mol. The lowest BCUT2D eigenvalue weighted by Crippen LogP contribution is -2.38. The summed E-state index contributed by atoms with van der Waals surface area (Å²) in [6.07, 6.45) is -4.67. The second-order valence-corrected chi connectivity index (χ2v) is 11.5. The molecule has 0 N–H and O–H groups in total. The Morgan fingerprint density at radius 1 is 1.25 bits per heavy atom. The summed E-state index contributed by atoms with van der Waals surface area (Å²) >= 11 is 6.81. The second-order valence-electron chi connectivity index (χ2n) is 7.78. The summed E-state index contributed by atoms with van der Waals surface area (Å²) in [7, 11) is -3.32. The molecule has 11 heteroatoms. The van der Waals surface area contributed by atoms with Crippen molar-refractivity contribution in [3.05, 3.63) is 28.8 Å². The molecule has 2 aliphatic rings. The number of halogens is 4. The highest BCUT2D eigenvalue weighted by atomic mass is 35.5. The van der Waals surface area contributed by atoms with Crippen molar-refractivity contribution in [1.29, 1.82) is 0 Å². The minimum Gasteiger partial charge on any atom is -0.316 e. The number of carbonyl (C=O) groups excluding carboxylic acids is 1. The first-order valence-electron chi connectivity index (χ1n) is 8.35. The van der Waals surface area contributed by atoms with Crippen LogP contribution in [0.3, 0.4) is 0 Å². The standard InChI is InChI=1S/C17H18ClF3N2O3S2/c1-16(2,3)14(24)22-15-23(12-7-28(25,26)8-13(12)27-15)9-4-5-11(18)10(6-9)17(19,20)21/h4-6,12-13H,7-8H2,1-3H3/t12-,13-/m0/s1. The first kappa shape index (κ1) is 21.4. The van der Waals surface area contributed by atoms with Crippen molar-refractivity contribution in [1.82, 2.24) is 0 Å². The summed E-state index contributed by atoms with van der Waals surface area (Å²) < 4.78 is 63.9. The van der Waals surface area contributed by atoms with Crippen LogP contribution in [0.2, 0.25) is 5.02 Å². The molecule has 2 atom stereocenters. The fraction of sp³-hybridized carbons (Fsp3) is 0.529. The average Bonchev–Trinajstić information content (AvgIpc) is 2.97. The number of alkyl halides is 3. The first-order chi connectivity index (χ1) is 12.7. The Morgan fingerprint density at radius 3 is 2.46 bits per heavy atom. The van der Waals surface area contributed by atoms with Crippen LogP contribution >= 0.6 is 23.4 Å². The first-order valence-corrected chi connectivity index (χ1v) is 11.4. The van der Waals surface area contributed by atoms with E-state index in [2.05, 4.69) is 4.99 Å². The minimum absolute atomic E-state index is 0.106. The SMILES string of the molecule is CC(C)(C)C(=O)N=C1S[C@H]2CS(=O)(=O)C[C@@H]2N1c1ccc(Cl)c(C(F)(F)F)c1. The highest BCUT2D eigenvalue weighted by Crippen LogP contribution is 2.44. The lowest BCUT2D eigenvalue weighted by molar-refractivity contribution is -0.137. The van der Waals surface area contributed by atoms with E-state index in [1.165, 1.54) is 11.0 Å². The van der Waals surface area contributed by atoms with Crippen LogP contribution in [0.15, 0.2) is 23.2 Å². The van der Waals surface area contributed by atoms with Gasteiger partial charge in [-0.25, -0.2) is 8.42 Å². The number of anilines is 1. The quantitative estimate of drug-likeness (QED) is 0.641. The van der Waals surface area contributed by atoms with Gasteiger partial charge in [0, 0.05) is 16.4 Å². The van der Waals surface area contributed by atoms with Gasteiger partial charge in [-0.1, -0.05) is 44.1 Å². The van der Waals surface area contributed by atoms with Gasteiger partial charge in [0.2, 0.25) is 0 Å². The lowest BCUT2D eigenvalue weighted by atomic mass is 9.96. The van der Waals surface area contributed by atoms with Crippen molar-refractivity contribution in [2.24, 2.45) is 10.4 Å². The molecule has 2 aliphatic heterocycles. The van der Waals surface area contributed by atoms with Gasteiger partial charge in [-0.3, -0.25) is 4.79 Å². The number of sulfone groups is 1. The maximum atomic E-state index is 13.3. The third-order valence-electron chi connectivity index (χ3n) is 4.44. The molecule has 2 saturated heterocycles. The highest BCUT2D eigenvalue weighted by Gasteiger charge is 2.50. The number of fused-ring (bicyclic) bond motifs is 1. The molecular formula is C17H18ClF3N2O3S2. The molecule has 1 amide bonds. The van der Waals surface area contributed by atoms with E-state index >= 15 is 0 Å². The summed E-state index contributed by atoms with van der Waals surface area (Å²) in [5.74, 6) is -0.758. The Morgan fingerprint density at radius 2 is 1.89 bits per heavy atom. The number of carbonyl (C=O) groups is 1. The van der Waals surface area contributed by atoms with Crippen LogP contribution in [0.25, 0.3) is 0 Å². The van der Waals surface area contributed by atoms with Crippen LogP contribution in [0.1, 0.15) is 26.3 Å². The third kappa shape index (κ3) is 4.18. The molecule has 1 aromatic rings. The van der Waals surface area contributed by atoms with Gasteiger partial charge in [0.1, 0.15) is 0 Å². The number of thioether (sulfide) groups is 1. The Balaban J connectivity index is 2.10. The van der Waals surface area contributed by atoms with E-state index in [0.717, 1.165) is 23.9 Å². The zero-order chi connectivity index (χ0) is 21.1. The monoisotopic (exact) mass is 454 g/mol. The van der Waals surface area contributed by atoms with E-state index in [1.807, 2.05) is 0 Å². The van der Waals surface area contributed by atoms with Gasteiger partial charge in [-0.15, -0.1) is 0 Å². The van der Waals surface area contributed by atoms with E-state index in [-0.39, 0.29) is 22.4 Å². The van der Waals surface area contributed by atoms with Crippen molar-refractivity contribution in [3.8, 4) is 0 Å². The van der Waals surface area contributed by atoms with Crippen LogP contribution in [-0.2, 0) is 20.8 Å². The van der Waals surface area contributed by atoms with Gasteiger partial charge in [-0.05, 0) is 18.2 Å². The normalized spacial score (nSPS) is 26.0. The van der Waals surface area contributed by atoms with Crippen molar-refractivity contribution < 1.29 is 26.4 Å². The number of amidine groups is 1. The van der Waals surface area contributed by atoms with Crippen molar-refractivity contribution in [2.45, 2.75) is 38.2 Å². The number of rotatable bonds is 1. The van der Waals surface area contributed by atoms with Crippen molar-refractivity contribution >= 4 is 50.0 Å². The molecule has 1 aromatic carbocycles. The number of benzene rings is 1. The number of amides is 1. The van der Waals surface area contributed by atoms with E-state index in [0.29, 0.717) is 0 Å². The largest absolute Gasteiger partial charge is 0.417 e. The molecule has 2 fully saturated rings. The van der Waals surface area contributed by atoms with Crippen LogP contribution in [0.4, 0.5) is 18.9 Å². The Hall–Kier alpha value is -1.26. The maximum absolute atomic E-state index is 13.3. The molecule has 3 rings (SSSR count). The Bertz CT molecular complexity index is 955. The molecule has 0 aromatic heterocycles. The molecule has 0 radical (unpaired) electrons. The zero-order valence-corrected chi connectivity index (χ0v) is 17.6. The van der Waals surface area contributed by atoms with Gasteiger partial charge in [-0.2, -0.15) is 18.2 Å². The topological polar surface area (TPSA) is 66.8 Å². The molecule has 2 heterocycles. The predicted molar refractivity (Wildman–Crippen MR) is 105 cm³/mol. The van der Waals surface area contributed by atoms with Gasteiger partial charge in [0.25, 0.3) is 5.91 Å². The molecular weight excluding hydrogens is 437 g/mol. The van der Waals surface area contributed by atoms with Gasteiger partial charge in [0.05, 0.1) is 28.1 Å². The Labute approximate surface area is 170 Å². The summed E-state index contributed by atoms with van der Waals surface area (Å²) in [6, 6.07) is 2.77. The van der Waals surface area contributed by atoms with Crippen LogP contribution < -0.4 is 4.90 Å². The molecule has 5 nitrogen and oxygen atoms in total. The smallest absolute Gasteiger partial charge is 0.316 e. The molecule has 28 heavy (non-hydrogen) atoms. The molecule has 0 saturated carbocycles. The third-order valence-corrected chi connectivity index (χ3v) is 7.98. The summed E-state index contributed by atoms with van der Waals surface area (Å²) in [5.41, 5.74) is -1.70. The van der Waals surface area contributed by atoms with Crippen LogP contribution in [0.5, 0.6) is 0 Å². The van der Waals surface area contributed by atoms with Gasteiger partial charge < -0.3 is 4.90 Å². The Kier molecular flexibility index (Phi) is 5.30. The van der Waals surface area contributed by atoms with E-state index < -0.39 is 49.2 Å².